The zero-order chi connectivity index (χ0) is 24.5. The van der Waals surface area contributed by atoms with Crippen LogP contribution in [0.25, 0.3) is 10.4 Å². The summed E-state index contributed by atoms with van der Waals surface area (Å²) in [6, 6.07) is 15.6. The van der Waals surface area contributed by atoms with Gasteiger partial charge >= 0.3 is 6.18 Å². The highest BCUT2D eigenvalue weighted by Crippen LogP contribution is 2.38. The molecule has 3 aromatic rings. The molecule has 0 atom stereocenters. The molecule has 1 heterocycles. The van der Waals surface area contributed by atoms with Crippen LogP contribution in [0.2, 0.25) is 0 Å². The van der Waals surface area contributed by atoms with E-state index < -0.39 is 11.7 Å². The van der Waals surface area contributed by atoms with Gasteiger partial charge in [0.25, 0.3) is 5.56 Å². The lowest BCUT2D eigenvalue weighted by Gasteiger charge is -2.29. The van der Waals surface area contributed by atoms with Gasteiger partial charge in [0.1, 0.15) is 5.69 Å². The van der Waals surface area contributed by atoms with Gasteiger partial charge in [0.2, 0.25) is 0 Å². The number of rotatable bonds is 5. The topological polar surface area (TPSA) is 34.0 Å². The van der Waals surface area contributed by atoms with Gasteiger partial charge in [-0.1, -0.05) is 41.9 Å². The Morgan fingerprint density at radius 1 is 0.941 bits per heavy atom. The Hall–Kier alpha value is -2.19. The van der Waals surface area contributed by atoms with Crippen molar-refractivity contribution in [3.63, 3.8) is 0 Å². The maximum Gasteiger partial charge on any atom is 0.416 e. The Morgan fingerprint density at radius 2 is 1.56 bits per heavy atom. The van der Waals surface area contributed by atoms with Crippen LogP contribution in [0.4, 0.5) is 18.9 Å². The van der Waals surface area contributed by atoms with Crippen molar-refractivity contribution in [2.45, 2.75) is 74.4 Å². The molecule has 1 saturated carbocycles. The number of hydrogen-bond donors (Lipinski definition) is 1. The SMILES string of the molecule is CC(C)(C)n1sc(-c2ccccc2)c(NC2CCC(Sc3ccc(C(F)(F)F)cc3)CC2)c1=O. The molecule has 34 heavy (non-hydrogen) atoms. The van der Waals surface area contributed by atoms with Crippen molar-refractivity contribution in [3.8, 4) is 10.4 Å². The average Bonchev–Trinajstić information content (AvgIpc) is 3.12. The fourth-order valence-electron chi connectivity index (χ4n) is 4.18. The van der Waals surface area contributed by atoms with Gasteiger partial charge in [-0.05, 0) is 76.3 Å². The third-order valence-corrected chi connectivity index (χ3v) is 8.83. The summed E-state index contributed by atoms with van der Waals surface area (Å²) >= 11 is 3.14. The predicted molar refractivity (Wildman–Crippen MR) is 136 cm³/mol. The molecule has 0 bridgehead atoms. The number of hydrogen-bond acceptors (Lipinski definition) is 4. The molecule has 3 nitrogen and oxygen atoms in total. The van der Waals surface area contributed by atoms with Gasteiger partial charge in [0.15, 0.2) is 0 Å². The average molecular weight is 507 g/mol. The van der Waals surface area contributed by atoms with Crippen molar-refractivity contribution in [3.05, 3.63) is 70.5 Å². The van der Waals surface area contributed by atoms with Gasteiger partial charge in [-0.25, -0.2) is 0 Å². The van der Waals surface area contributed by atoms with Crippen LogP contribution in [0.5, 0.6) is 0 Å². The second-order valence-electron chi connectivity index (χ2n) is 9.69. The number of nitrogens with zero attached hydrogens (tertiary/aromatic N) is 1. The molecule has 1 fully saturated rings. The van der Waals surface area contributed by atoms with Gasteiger partial charge < -0.3 is 5.32 Å². The molecular weight excluding hydrogens is 477 g/mol. The van der Waals surface area contributed by atoms with Crippen molar-refractivity contribution in [1.82, 2.24) is 3.96 Å². The van der Waals surface area contributed by atoms with E-state index in [1.165, 1.54) is 11.5 Å². The Morgan fingerprint density at radius 3 is 2.12 bits per heavy atom. The first-order valence-electron chi connectivity index (χ1n) is 11.4. The van der Waals surface area contributed by atoms with E-state index in [0.717, 1.165) is 53.2 Å². The molecule has 182 valence electrons. The molecule has 0 radical (unpaired) electrons. The van der Waals surface area contributed by atoms with E-state index in [-0.39, 0.29) is 17.1 Å². The van der Waals surface area contributed by atoms with Crippen LogP contribution in [-0.2, 0) is 11.7 Å². The van der Waals surface area contributed by atoms with Gasteiger partial charge in [-0.15, -0.1) is 11.8 Å². The van der Waals surface area contributed by atoms with Crippen molar-refractivity contribution in [1.29, 1.82) is 0 Å². The smallest absolute Gasteiger partial charge is 0.377 e. The fraction of sp³-hybridized carbons (Fsp3) is 0.423. The molecule has 2 aromatic carbocycles. The minimum atomic E-state index is -4.31. The van der Waals surface area contributed by atoms with E-state index in [1.807, 2.05) is 55.1 Å². The summed E-state index contributed by atoms with van der Waals surface area (Å²) < 4.78 is 40.2. The quantitative estimate of drug-likeness (QED) is 0.382. The highest BCUT2D eigenvalue weighted by molar-refractivity contribution is 8.00. The van der Waals surface area contributed by atoms with E-state index in [2.05, 4.69) is 5.32 Å². The number of aromatic nitrogens is 1. The normalized spacial score (nSPS) is 19.2. The first-order chi connectivity index (χ1) is 16.0. The van der Waals surface area contributed by atoms with Crippen LogP contribution in [0.1, 0.15) is 52.0 Å². The molecule has 0 unspecified atom stereocenters. The van der Waals surface area contributed by atoms with Crippen molar-refractivity contribution in [2.24, 2.45) is 0 Å². The van der Waals surface area contributed by atoms with Crippen LogP contribution in [0.3, 0.4) is 0 Å². The number of anilines is 1. The third-order valence-electron chi connectivity index (χ3n) is 5.96. The zero-order valence-electron chi connectivity index (χ0n) is 19.5. The van der Waals surface area contributed by atoms with Crippen molar-refractivity contribution >= 4 is 29.0 Å². The van der Waals surface area contributed by atoms with Crippen LogP contribution in [0, 0.1) is 0 Å². The van der Waals surface area contributed by atoms with Gasteiger partial charge in [0.05, 0.1) is 16.0 Å². The number of halogens is 3. The van der Waals surface area contributed by atoms with E-state index in [0.29, 0.717) is 10.9 Å². The molecule has 0 saturated heterocycles. The Labute approximate surface area is 206 Å². The number of thioether (sulfide) groups is 1. The first kappa shape index (κ1) is 24.9. The third kappa shape index (κ3) is 5.71. The molecule has 1 aromatic heterocycles. The van der Waals surface area contributed by atoms with Crippen LogP contribution >= 0.6 is 23.3 Å². The zero-order valence-corrected chi connectivity index (χ0v) is 21.1. The predicted octanol–water partition coefficient (Wildman–Crippen LogP) is 7.87. The fourth-order valence-corrected chi connectivity index (χ4v) is 6.47. The van der Waals surface area contributed by atoms with E-state index in [1.54, 1.807) is 23.9 Å². The number of benzene rings is 2. The first-order valence-corrected chi connectivity index (χ1v) is 13.1. The van der Waals surface area contributed by atoms with E-state index in [4.69, 9.17) is 0 Å². The molecule has 4 rings (SSSR count). The molecule has 1 N–H and O–H groups in total. The Kier molecular flexibility index (Phi) is 7.20. The highest BCUT2D eigenvalue weighted by Gasteiger charge is 2.31. The molecule has 0 aliphatic heterocycles. The van der Waals surface area contributed by atoms with Gasteiger partial charge in [0, 0.05) is 16.2 Å². The van der Waals surface area contributed by atoms with Crippen molar-refractivity contribution < 1.29 is 13.2 Å². The van der Waals surface area contributed by atoms with Gasteiger partial charge in [-0.2, -0.15) is 13.2 Å². The second-order valence-corrected chi connectivity index (χ2v) is 12.0. The molecule has 0 amide bonds. The second kappa shape index (κ2) is 9.82. The van der Waals surface area contributed by atoms with Crippen LogP contribution < -0.4 is 10.9 Å². The van der Waals surface area contributed by atoms with Crippen LogP contribution in [-0.4, -0.2) is 15.2 Å². The van der Waals surface area contributed by atoms with E-state index >= 15 is 0 Å². The summed E-state index contributed by atoms with van der Waals surface area (Å²) in [7, 11) is 0. The highest BCUT2D eigenvalue weighted by atomic mass is 32.2. The summed E-state index contributed by atoms with van der Waals surface area (Å²) in [4.78, 5) is 15.1. The summed E-state index contributed by atoms with van der Waals surface area (Å²) in [5.41, 5.74) is 0.793. The minimum absolute atomic E-state index is 0.0117. The van der Waals surface area contributed by atoms with Crippen molar-refractivity contribution in [2.75, 3.05) is 5.32 Å². The Balaban J connectivity index is 1.44. The molecule has 0 spiro atoms. The lowest BCUT2D eigenvalue weighted by atomic mass is 9.94. The summed E-state index contributed by atoms with van der Waals surface area (Å²) in [5.74, 6) is 0. The van der Waals surface area contributed by atoms with E-state index in [9.17, 15) is 18.0 Å². The maximum atomic E-state index is 13.3. The standard InChI is InChI=1S/C26H29F3N2OS2/c1-25(2,3)31-24(32)22(23(34-31)17-7-5-4-6-8-17)30-19-11-15-21(16-12-19)33-20-13-9-18(10-14-20)26(27,28)29/h4-10,13-14,19,21,30H,11-12,15-16H2,1-3H3. The van der Waals surface area contributed by atoms with Crippen LogP contribution in [0.15, 0.2) is 64.3 Å². The minimum Gasteiger partial charge on any atom is -0.377 e. The monoisotopic (exact) mass is 506 g/mol. The van der Waals surface area contributed by atoms with Gasteiger partial charge in [-0.3, -0.25) is 8.75 Å². The summed E-state index contributed by atoms with van der Waals surface area (Å²) in [6.07, 6.45) is -0.587. The summed E-state index contributed by atoms with van der Waals surface area (Å²) in [5, 5.41) is 3.92. The maximum absolute atomic E-state index is 13.3. The Bertz CT molecular complexity index is 1150. The molecular formula is C26H29F3N2OS2. The number of nitrogens with one attached hydrogen (secondary N) is 1. The molecule has 1 aliphatic rings. The molecule has 8 heteroatoms. The summed E-state index contributed by atoms with van der Waals surface area (Å²) in [6.45, 7) is 6.10. The number of alkyl halides is 3. The lowest BCUT2D eigenvalue weighted by Crippen LogP contribution is -2.33. The molecule has 1 aliphatic carbocycles. The lowest BCUT2D eigenvalue weighted by molar-refractivity contribution is -0.137. The largest absolute Gasteiger partial charge is 0.416 e.